The Labute approximate surface area is 608 Å². The fourth-order valence-corrected chi connectivity index (χ4v) is 8.13. The zero-order valence-corrected chi connectivity index (χ0v) is 62.7. The van der Waals surface area contributed by atoms with Gasteiger partial charge >= 0.3 is 47.8 Å². The summed E-state index contributed by atoms with van der Waals surface area (Å²) < 4.78 is 91.7. The van der Waals surface area contributed by atoms with Crippen molar-refractivity contribution in [2.45, 2.75) is 92.6 Å². The molecule has 2 rings (SSSR count). The first-order valence-electron chi connectivity index (χ1n) is 32.8. The van der Waals surface area contributed by atoms with Crippen LogP contribution in [0.4, 0.5) is 0 Å². The number of methoxy groups -OCH3 is 4. The van der Waals surface area contributed by atoms with E-state index in [1.807, 2.05) is 0 Å². The van der Waals surface area contributed by atoms with Gasteiger partial charge in [0.25, 0.3) is 0 Å². The minimum atomic E-state index is -1.49. The van der Waals surface area contributed by atoms with Crippen LogP contribution in [0.5, 0.6) is 0 Å². The number of hydrogen-bond acceptors (Lipinski definition) is 36. The summed E-state index contributed by atoms with van der Waals surface area (Å²) in [5, 5.41) is 83.9. The maximum Gasteiger partial charge on any atom is 0.310 e. The average Bonchev–Trinajstić information content (AvgIpc) is 1.64. The van der Waals surface area contributed by atoms with Crippen molar-refractivity contribution in [1.82, 2.24) is 0 Å². The molecule has 2 fully saturated rings. The van der Waals surface area contributed by atoms with Crippen LogP contribution in [0.1, 0.15) is 68.2 Å². The number of hydrogen-bond donors (Lipinski definition) is 10. The van der Waals surface area contributed by atoms with Gasteiger partial charge < -0.3 is 136 Å². The zero-order chi connectivity index (χ0) is 76.9. The predicted molar refractivity (Wildman–Crippen MR) is 349 cm³/mol. The van der Waals surface area contributed by atoms with Gasteiger partial charge in [-0.2, -0.15) is 0 Å². The number of ether oxygens (including phenoxy) is 18. The molecule has 36 nitrogen and oxygen atoms in total. The third-order valence-electron chi connectivity index (χ3n) is 11.8. The number of aliphatic hydroxyl groups is 10. The van der Waals surface area contributed by atoms with Crippen molar-refractivity contribution in [1.29, 1.82) is 0 Å². The number of carbonyl (C=O) groups is 8. The quantitative estimate of drug-likeness (QED) is 0.0128. The number of aliphatic hydroxyl groups excluding tert-OH is 10. The Bertz CT molecular complexity index is 1800. The van der Waals surface area contributed by atoms with Gasteiger partial charge in [-0.05, 0) is 68.2 Å². The topological polar surface area (TPSA) is 505 Å². The first kappa shape index (κ1) is 108. The van der Waals surface area contributed by atoms with Crippen LogP contribution < -0.4 is 0 Å². The van der Waals surface area contributed by atoms with E-state index in [0.29, 0.717) is 26.4 Å². The zero-order valence-electron chi connectivity index (χ0n) is 61.1. The predicted octanol–water partition coefficient (Wildman–Crippen LogP) is -2.77. The molecule has 10 N–H and O–H groups in total. The Kier molecular flexibility index (Phi) is 81.8. The Balaban J connectivity index is -0.000000377. The molecule has 0 heterocycles. The fraction of sp³-hybridized carbons (Fsp3) is 0.875. The van der Waals surface area contributed by atoms with Gasteiger partial charge in [-0.1, -0.05) is 0 Å². The minimum absolute atomic E-state index is 0. The second kappa shape index (κ2) is 76.8. The Hall–Kier alpha value is -4.33. The average molecular weight is 1520 g/mol. The molecule has 0 spiro atoms. The van der Waals surface area contributed by atoms with Crippen molar-refractivity contribution in [2.24, 2.45) is 47.3 Å². The molecule has 2 aliphatic rings. The fourth-order valence-electron chi connectivity index (χ4n) is 8.13. The third kappa shape index (κ3) is 63.8. The SMILES string of the molecule is CC(C)O.CC(C)O.CC(C)O.CC(C)O.COC(=O)C1CC(C(=O)OC)C(C(=O)OC)C1C(=O)OC.O=C(OCCOCCOCCO)C1CC(C(=O)OCCOCCOCCO)C(C(=O)OCCOCCOCCO)C1C(=O)OCCOCCOCCO.OCCOCCOCCO.[Ti]. The van der Waals surface area contributed by atoms with Crippen LogP contribution in [-0.4, -0.2) is 350 Å². The summed E-state index contributed by atoms with van der Waals surface area (Å²) in [6, 6.07) is 0. The normalized spacial score (nSPS) is 17.7. The molecule has 8 atom stereocenters. The molecule has 2 aliphatic carbocycles. The largest absolute Gasteiger partial charge is 0.469 e. The van der Waals surface area contributed by atoms with Crippen LogP contribution in [0.25, 0.3) is 0 Å². The molecule has 598 valence electrons. The van der Waals surface area contributed by atoms with Crippen LogP contribution in [0, 0.1) is 47.3 Å². The van der Waals surface area contributed by atoms with Crippen molar-refractivity contribution in [3.63, 3.8) is 0 Å². The Morgan fingerprint density at radius 1 is 0.248 bits per heavy atom. The first-order chi connectivity index (χ1) is 47.7. The van der Waals surface area contributed by atoms with Gasteiger partial charge in [0.1, 0.15) is 26.4 Å². The van der Waals surface area contributed by atoms with Crippen LogP contribution in [-0.2, 0) is 145 Å². The summed E-state index contributed by atoms with van der Waals surface area (Å²) in [5.41, 5.74) is 0. The molecular weight excluding hydrogens is 1390 g/mol. The molecule has 0 aromatic rings. The van der Waals surface area contributed by atoms with E-state index in [1.165, 1.54) is 0 Å². The molecule has 37 heteroatoms. The molecule has 0 amide bonds. The number of rotatable bonds is 47. The third-order valence-corrected chi connectivity index (χ3v) is 11.8. The van der Waals surface area contributed by atoms with Crippen LogP contribution >= 0.6 is 0 Å². The molecule has 0 aliphatic heterocycles. The molecule has 0 saturated heterocycles. The molecular formula is C64H122O36Ti. The van der Waals surface area contributed by atoms with E-state index in [9.17, 15) is 38.4 Å². The molecule has 0 bridgehead atoms. The van der Waals surface area contributed by atoms with Gasteiger partial charge in [0, 0.05) is 46.1 Å². The van der Waals surface area contributed by atoms with Gasteiger partial charge in [0.05, 0.1) is 248 Å². The second-order valence-electron chi connectivity index (χ2n) is 21.6. The van der Waals surface area contributed by atoms with Gasteiger partial charge in [-0.25, -0.2) is 0 Å². The molecule has 0 radical (unpaired) electrons. The summed E-state index contributed by atoms with van der Waals surface area (Å²) >= 11 is 0. The maximum atomic E-state index is 13.6. The monoisotopic (exact) mass is 1510 g/mol. The second-order valence-corrected chi connectivity index (χ2v) is 21.6. The van der Waals surface area contributed by atoms with Gasteiger partial charge in [0.15, 0.2) is 0 Å². The molecule has 0 aromatic heterocycles. The van der Waals surface area contributed by atoms with Crippen molar-refractivity contribution < 1.29 is 196 Å². The molecule has 0 aromatic carbocycles. The van der Waals surface area contributed by atoms with E-state index in [1.54, 1.807) is 55.4 Å². The van der Waals surface area contributed by atoms with Crippen molar-refractivity contribution in [2.75, 3.05) is 227 Å². The standard InChI is InChI=1S/C33H58O20.C13H18O8.C6H14O4.4C3H8O.Ti/c34-1-5-42-9-13-46-17-21-50-30(38)26-25-27(31(39)51-22-18-47-14-10-43-6-2-35)29(33(41)53-24-20-49-16-12-45-8-4-37)28(26)32(40)52-23-19-48-15-11-44-7-3-36;1-18-10(14)6-5-7(11(15)19-2)9(13(17)21-4)8(6)12(16)20-3;7-1-3-9-5-6-10-4-2-8;4*1-3(2)4;/h26-29,34-37H,1-25H2;6-9H,5H2,1-4H3;7-8H,1-6H2;4*3-4H,1-2H3;. The summed E-state index contributed by atoms with van der Waals surface area (Å²) in [6.07, 6.45) is -1.00. The van der Waals surface area contributed by atoms with Gasteiger partial charge in [-0.15, -0.1) is 0 Å². The van der Waals surface area contributed by atoms with E-state index >= 15 is 0 Å². The van der Waals surface area contributed by atoms with Crippen LogP contribution in [0.15, 0.2) is 0 Å². The first-order valence-corrected chi connectivity index (χ1v) is 32.8. The van der Waals surface area contributed by atoms with Crippen molar-refractivity contribution >= 4 is 47.8 Å². The van der Waals surface area contributed by atoms with E-state index < -0.39 is 95.1 Å². The van der Waals surface area contributed by atoms with Crippen molar-refractivity contribution in [3.8, 4) is 0 Å². The summed E-state index contributed by atoms with van der Waals surface area (Å²) in [7, 11) is 4.59. The number of carbonyl (C=O) groups excluding carboxylic acids is 8. The molecule has 8 unspecified atom stereocenters. The van der Waals surface area contributed by atoms with Crippen LogP contribution in [0.2, 0.25) is 0 Å². The Morgan fingerprint density at radius 3 is 0.554 bits per heavy atom. The van der Waals surface area contributed by atoms with E-state index in [0.717, 1.165) is 28.4 Å². The van der Waals surface area contributed by atoms with Crippen LogP contribution in [0.3, 0.4) is 0 Å². The van der Waals surface area contributed by atoms with E-state index in [4.69, 9.17) is 117 Å². The van der Waals surface area contributed by atoms with E-state index in [-0.39, 0.29) is 231 Å². The molecule has 101 heavy (non-hydrogen) atoms. The van der Waals surface area contributed by atoms with Gasteiger partial charge in [0.2, 0.25) is 0 Å². The van der Waals surface area contributed by atoms with E-state index in [2.05, 4.69) is 18.9 Å². The summed E-state index contributed by atoms with van der Waals surface area (Å²) in [4.78, 5) is 101. The Morgan fingerprint density at radius 2 is 0.386 bits per heavy atom. The van der Waals surface area contributed by atoms with Gasteiger partial charge in [-0.3, -0.25) is 38.4 Å². The smallest absolute Gasteiger partial charge is 0.310 e. The minimum Gasteiger partial charge on any atom is -0.469 e. The summed E-state index contributed by atoms with van der Waals surface area (Å²) in [5.74, 6) is -16.3. The summed E-state index contributed by atoms with van der Waals surface area (Å²) in [6.45, 7) is 16.0. The molecule has 2 saturated carbocycles. The van der Waals surface area contributed by atoms with Crippen molar-refractivity contribution in [3.05, 3.63) is 0 Å². The number of esters is 8. The maximum absolute atomic E-state index is 13.6.